The van der Waals surface area contributed by atoms with Gasteiger partial charge in [0.1, 0.15) is 0 Å². The second kappa shape index (κ2) is 4.21. The zero-order valence-corrected chi connectivity index (χ0v) is 10.2. The quantitative estimate of drug-likeness (QED) is 0.648. The average molecular weight is 260 g/mol. The number of hydrogen-bond donors (Lipinski definition) is 0. The van der Waals surface area contributed by atoms with Gasteiger partial charge in [0.15, 0.2) is 3.79 Å². The standard InChI is InChI=1S/C12H9Cl3/c13-12(14,15)8-10-6-3-5-9-4-1-2-7-11(9)10/h1-7H,8H2. The van der Waals surface area contributed by atoms with Gasteiger partial charge in [-0.1, -0.05) is 77.3 Å². The van der Waals surface area contributed by atoms with Crippen LogP contribution in [0.25, 0.3) is 10.8 Å². The third-order valence-electron chi connectivity index (χ3n) is 2.27. The monoisotopic (exact) mass is 258 g/mol. The van der Waals surface area contributed by atoms with Crippen LogP contribution < -0.4 is 0 Å². The first kappa shape index (κ1) is 11.1. The van der Waals surface area contributed by atoms with Gasteiger partial charge in [0.25, 0.3) is 0 Å². The minimum Gasteiger partial charge on any atom is -0.0833 e. The predicted octanol–water partition coefficient (Wildman–Crippen LogP) is 4.75. The molecule has 0 fully saturated rings. The van der Waals surface area contributed by atoms with Crippen molar-refractivity contribution < 1.29 is 0 Å². The summed E-state index contributed by atoms with van der Waals surface area (Å²) < 4.78 is -1.23. The molecule has 3 heteroatoms. The molecule has 15 heavy (non-hydrogen) atoms. The number of hydrogen-bond acceptors (Lipinski definition) is 0. The van der Waals surface area contributed by atoms with Crippen LogP contribution in [0.2, 0.25) is 0 Å². The van der Waals surface area contributed by atoms with Gasteiger partial charge in [-0.05, 0) is 16.3 Å². The highest BCUT2D eigenvalue weighted by Crippen LogP contribution is 2.32. The van der Waals surface area contributed by atoms with Crippen molar-refractivity contribution in [2.45, 2.75) is 10.2 Å². The molecule has 0 bridgehead atoms. The Kier molecular flexibility index (Phi) is 3.11. The summed E-state index contributed by atoms with van der Waals surface area (Å²) in [6, 6.07) is 14.1. The van der Waals surface area contributed by atoms with Crippen LogP contribution in [-0.2, 0) is 6.42 Å². The SMILES string of the molecule is ClC(Cl)(Cl)Cc1cccc2ccccc12. The third kappa shape index (κ3) is 2.78. The molecule has 0 saturated heterocycles. The molecule has 0 aliphatic heterocycles. The molecule has 0 N–H and O–H groups in total. The zero-order chi connectivity index (χ0) is 10.9. The van der Waals surface area contributed by atoms with Crippen molar-refractivity contribution in [3.8, 4) is 0 Å². The largest absolute Gasteiger partial charge is 0.194 e. The summed E-state index contributed by atoms with van der Waals surface area (Å²) in [5, 5.41) is 2.32. The minimum absolute atomic E-state index is 0.430. The van der Waals surface area contributed by atoms with Gasteiger partial charge in [-0.2, -0.15) is 0 Å². The summed E-state index contributed by atoms with van der Waals surface area (Å²) in [4.78, 5) is 0. The molecular weight excluding hydrogens is 250 g/mol. The molecule has 0 radical (unpaired) electrons. The van der Waals surface area contributed by atoms with Crippen molar-refractivity contribution in [3.05, 3.63) is 48.0 Å². The highest BCUT2D eigenvalue weighted by molar-refractivity contribution is 6.67. The van der Waals surface area contributed by atoms with Crippen LogP contribution in [0.4, 0.5) is 0 Å². The molecule has 0 aliphatic rings. The highest BCUT2D eigenvalue weighted by atomic mass is 35.6. The molecule has 0 unspecified atom stereocenters. The van der Waals surface area contributed by atoms with E-state index < -0.39 is 3.79 Å². The molecule has 78 valence electrons. The maximum absolute atomic E-state index is 5.80. The summed E-state index contributed by atoms with van der Waals surface area (Å²) in [5.41, 5.74) is 1.06. The molecule has 2 rings (SSSR count). The van der Waals surface area contributed by atoms with E-state index in [1.54, 1.807) is 0 Å². The van der Waals surface area contributed by atoms with E-state index in [0.717, 1.165) is 10.9 Å². The predicted molar refractivity (Wildman–Crippen MR) is 67.9 cm³/mol. The summed E-state index contributed by atoms with van der Waals surface area (Å²) in [7, 11) is 0. The van der Waals surface area contributed by atoms with E-state index in [2.05, 4.69) is 12.1 Å². The van der Waals surface area contributed by atoms with Gasteiger partial charge in [-0.15, -0.1) is 0 Å². The van der Waals surface area contributed by atoms with Gasteiger partial charge in [0.2, 0.25) is 0 Å². The smallest absolute Gasteiger partial charge is 0.0833 e. The second-order valence-corrected chi connectivity index (χ2v) is 5.95. The fraction of sp³-hybridized carbons (Fsp3) is 0.167. The number of benzene rings is 2. The number of alkyl halides is 3. The molecule has 0 atom stereocenters. The van der Waals surface area contributed by atoms with Gasteiger partial charge in [0, 0.05) is 6.42 Å². The summed E-state index contributed by atoms with van der Waals surface area (Å²) in [5.74, 6) is 0. The van der Waals surface area contributed by atoms with Crippen molar-refractivity contribution in [3.63, 3.8) is 0 Å². The maximum atomic E-state index is 5.80. The Morgan fingerprint density at radius 3 is 2.27 bits per heavy atom. The van der Waals surface area contributed by atoms with E-state index in [9.17, 15) is 0 Å². The molecule has 0 amide bonds. The number of fused-ring (bicyclic) bond motifs is 1. The van der Waals surface area contributed by atoms with Crippen LogP contribution in [0.1, 0.15) is 5.56 Å². The van der Waals surface area contributed by atoms with Crippen molar-refractivity contribution in [2.24, 2.45) is 0 Å². The molecule has 0 heterocycles. The van der Waals surface area contributed by atoms with Crippen LogP contribution in [0.3, 0.4) is 0 Å². The fourth-order valence-corrected chi connectivity index (χ4v) is 2.09. The molecule has 0 nitrogen and oxygen atoms in total. The normalized spacial score (nSPS) is 11.9. The number of halogens is 3. The second-order valence-electron chi connectivity index (χ2n) is 3.43. The van der Waals surface area contributed by atoms with E-state index in [1.165, 1.54) is 5.39 Å². The van der Waals surface area contributed by atoms with E-state index in [0.29, 0.717) is 6.42 Å². The maximum Gasteiger partial charge on any atom is 0.194 e. The van der Waals surface area contributed by atoms with Crippen LogP contribution in [0.5, 0.6) is 0 Å². The first-order valence-corrected chi connectivity index (χ1v) is 5.73. The van der Waals surface area contributed by atoms with Crippen molar-refractivity contribution >= 4 is 45.6 Å². The van der Waals surface area contributed by atoms with Crippen LogP contribution in [-0.4, -0.2) is 3.79 Å². The van der Waals surface area contributed by atoms with Crippen LogP contribution in [0, 0.1) is 0 Å². The van der Waals surface area contributed by atoms with Crippen molar-refractivity contribution in [1.82, 2.24) is 0 Å². The Bertz CT molecular complexity index is 466. The lowest BCUT2D eigenvalue weighted by Gasteiger charge is -2.12. The molecule has 2 aromatic carbocycles. The molecular formula is C12H9Cl3. The van der Waals surface area contributed by atoms with E-state index in [1.807, 2.05) is 30.3 Å². The Hall–Kier alpha value is -0.430. The Balaban J connectivity index is 2.52. The molecule has 2 aromatic rings. The fourth-order valence-electron chi connectivity index (χ4n) is 1.66. The van der Waals surface area contributed by atoms with Crippen LogP contribution >= 0.6 is 34.8 Å². The van der Waals surface area contributed by atoms with Crippen molar-refractivity contribution in [2.75, 3.05) is 0 Å². The topological polar surface area (TPSA) is 0 Å². The van der Waals surface area contributed by atoms with Gasteiger partial charge >= 0.3 is 0 Å². The lowest BCUT2D eigenvalue weighted by atomic mass is 10.0. The van der Waals surface area contributed by atoms with E-state index in [4.69, 9.17) is 34.8 Å². The summed E-state index contributed by atoms with van der Waals surface area (Å²) >= 11 is 17.4. The zero-order valence-electron chi connectivity index (χ0n) is 7.88. The molecule has 0 saturated carbocycles. The van der Waals surface area contributed by atoms with E-state index >= 15 is 0 Å². The van der Waals surface area contributed by atoms with Crippen molar-refractivity contribution in [1.29, 1.82) is 0 Å². The lowest BCUT2D eigenvalue weighted by Crippen LogP contribution is -2.06. The molecule has 0 aliphatic carbocycles. The molecule has 0 aromatic heterocycles. The van der Waals surface area contributed by atoms with Gasteiger partial charge in [-0.25, -0.2) is 0 Å². The Morgan fingerprint density at radius 1 is 0.867 bits per heavy atom. The van der Waals surface area contributed by atoms with Crippen LogP contribution in [0.15, 0.2) is 42.5 Å². The summed E-state index contributed by atoms with van der Waals surface area (Å²) in [6.45, 7) is 0. The van der Waals surface area contributed by atoms with E-state index in [-0.39, 0.29) is 0 Å². The Morgan fingerprint density at radius 2 is 1.53 bits per heavy atom. The minimum atomic E-state index is -1.23. The third-order valence-corrected chi connectivity index (χ3v) is 2.67. The average Bonchev–Trinajstić information content (AvgIpc) is 2.16. The number of rotatable bonds is 1. The lowest BCUT2D eigenvalue weighted by molar-refractivity contribution is 1.03. The first-order valence-electron chi connectivity index (χ1n) is 4.60. The highest BCUT2D eigenvalue weighted by Gasteiger charge is 2.20. The van der Waals surface area contributed by atoms with Gasteiger partial charge in [0.05, 0.1) is 0 Å². The first-order chi connectivity index (χ1) is 7.06. The van der Waals surface area contributed by atoms with Gasteiger partial charge < -0.3 is 0 Å². The summed E-state index contributed by atoms with van der Waals surface area (Å²) in [6.07, 6.45) is 0.430. The Labute approximate surface area is 104 Å². The molecule has 0 spiro atoms. The van der Waals surface area contributed by atoms with Gasteiger partial charge in [-0.3, -0.25) is 0 Å².